The van der Waals surface area contributed by atoms with Gasteiger partial charge in [-0.25, -0.2) is 4.79 Å². The van der Waals surface area contributed by atoms with E-state index in [2.05, 4.69) is 12.2 Å². The third-order valence-electron chi connectivity index (χ3n) is 3.53. The lowest BCUT2D eigenvalue weighted by molar-refractivity contribution is -0.141. The van der Waals surface area contributed by atoms with Gasteiger partial charge in [0.25, 0.3) is 0 Å². The first-order valence-electron chi connectivity index (χ1n) is 6.73. The molecule has 3 unspecified atom stereocenters. The quantitative estimate of drug-likeness (QED) is 0.789. The standard InChI is InChI=1S/C13H24N2O3/c1-4-5-11(12(16)17)7-14-13(18)15-8-9(2)6-10(15)3/h9-11H,4-8H2,1-3H3,(H,14,18)(H,16,17). The van der Waals surface area contributed by atoms with Gasteiger partial charge in [0.15, 0.2) is 0 Å². The molecule has 1 rings (SSSR count). The van der Waals surface area contributed by atoms with E-state index in [1.165, 1.54) is 0 Å². The predicted octanol–water partition coefficient (Wildman–Crippen LogP) is 1.93. The van der Waals surface area contributed by atoms with E-state index in [0.717, 1.165) is 19.4 Å². The molecule has 0 aromatic rings. The van der Waals surface area contributed by atoms with Crippen LogP contribution < -0.4 is 5.32 Å². The van der Waals surface area contributed by atoms with Gasteiger partial charge in [-0.1, -0.05) is 20.3 Å². The van der Waals surface area contributed by atoms with Crippen LogP contribution in [0.15, 0.2) is 0 Å². The Labute approximate surface area is 109 Å². The van der Waals surface area contributed by atoms with Crippen molar-refractivity contribution in [1.29, 1.82) is 0 Å². The highest BCUT2D eigenvalue weighted by molar-refractivity contribution is 5.76. The molecule has 0 radical (unpaired) electrons. The number of hydrogen-bond donors (Lipinski definition) is 2. The largest absolute Gasteiger partial charge is 0.481 e. The molecule has 0 aromatic heterocycles. The summed E-state index contributed by atoms with van der Waals surface area (Å²) in [7, 11) is 0. The lowest BCUT2D eigenvalue weighted by atomic mass is 10.0. The summed E-state index contributed by atoms with van der Waals surface area (Å²) in [5, 5.41) is 11.8. The summed E-state index contributed by atoms with van der Waals surface area (Å²) in [5.41, 5.74) is 0. The minimum absolute atomic E-state index is 0.130. The van der Waals surface area contributed by atoms with Crippen LogP contribution in [-0.4, -0.2) is 41.1 Å². The van der Waals surface area contributed by atoms with Gasteiger partial charge in [-0.05, 0) is 25.7 Å². The molecule has 5 heteroatoms. The van der Waals surface area contributed by atoms with Crippen molar-refractivity contribution in [2.75, 3.05) is 13.1 Å². The van der Waals surface area contributed by atoms with Crippen LogP contribution in [0, 0.1) is 11.8 Å². The summed E-state index contributed by atoms with van der Waals surface area (Å²) in [6, 6.07) is 0.114. The molecule has 0 bridgehead atoms. The fraction of sp³-hybridized carbons (Fsp3) is 0.846. The van der Waals surface area contributed by atoms with Crippen LogP contribution in [0.5, 0.6) is 0 Å². The number of nitrogens with one attached hydrogen (secondary N) is 1. The second-order valence-corrected chi connectivity index (χ2v) is 5.35. The number of carbonyl (C=O) groups is 2. The van der Waals surface area contributed by atoms with E-state index in [1.54, 1.807) is 4.90 Å². The second kappa shape index (κ2) is 6.61. The van der Waals surface area contributed by atoms with Gasteiger partial charge in [-0.3, -0.25) is 4.79 Å². The Balaban J connectivity index is 2.42. The molecule has 0 aromatic carbocycles. The lowest BCUT2D eigenvalue weighted by Gasteiger charge is -2.23. The van der Waals surface area contributed by atoms with Crippen LogP contribution in [0.3, 0.4) is 0 Å². The highest BCUT2D eigenvalue weighted by Crippen LogP contribution is 2.22. The molecule has 3 atom stereocenters. The molecular weight excluding hydrogens is 232 g/mol. The van der Waals surface area contributed by atoms with Gasteiger partial charge in [0, 0.05) is 19.1 Å². The van der Waals surface area contributed by atoms with Crippen molar-refractivity contribution in [2.24, 2.45) is 11.8 Å². The molecule has 0 saturated carbocycles. The number of rotatable bonds is 5. The Kier molecular flexibility index (Phi) is 5.44. The molecule has 1 heterocycles. The number of hydrogen-bond acceptors (Lipinski definition) is 2. The van der Waals surface area contributed by atoms with E-state index in [9.17, 15) is 9.59 Å². The molecule has 104 valence electrons. The Morgan fingerprint density at radius 2 is 2.11 bits per heavy atom. The Hall–Kier alpha value is -1.26. The summed E-state index contributed by atoms with van der Waals surface area (Å²) >= 11 is 0. The van der Waals surface area contributed by atoms with E-state index in [-0.39, 0.29) is 18.6 Å². The number of carboxylic acid groups (broad SMARTS) is 1. The van der Waals surface area contributed by atoms with Crippen molar-refractivity contribution >= 4 is 12.0 Å². The molecule has 0 aliphatic carbocycles. The molecule has 18 heavy (non-hydrogen) atoms. The minimum atomic E-state index is -0.833. The smallest absolute Gasteiger partial charge is 0.317 e. The van der Waals surface area contributed by atoms with Gasteiger partial charge in [-0.15, -0.1) is 0 Å². The molecule has 2 amide bonds. The number of carboxylic acids is 1. The average Bonchev–Trinajstić information content (AvgIpc) is 2.63. The summed E-state index contributed by atoms with van der Waals surface area (Å²) in [4.78, 5) is 24.7. The highest BCUT2D eigenvalue weighted by atomic mass is 16.4. The van der Waals surface area contributed by atoms with E-state index < -0.39 is 11.9 Å². The maximum atomic E-state index is 12.0. The Morgan fingerprint density at radius 3 is 2.56 bits per heavy atom. The third-order valence-corrected chi connectivity index (χ3v) is 3.53. The normalized spacial score (nSPS) is 24.9. The minimum Gasteiger partial charge on any atom is -0.481 e. The first-order chi connectivity index (χ1) is 8.45. The maximum Gasteiger partial charge on any atom is 0.317 e. The lowest BCUT2D eigenvalue weighted by Crippen LogP contribution is -2.44. The third kappa shape index (κ3) is 3.89. The summed E-state index contributed by atoms with van der Waals surface area (Å²) in [6.45, 7) is 7.09. The monoisotopic (exact) mass is 256 g/mol. The van der Waals surface area contributed by atoms with E-state index >= 15 is 0 Å². The van der Waals surface area contributed by atoms with Gasteiger partial charge in [0.05, 0.1) is 5.92 Å². The molecule has 1 saturated heterocycles. The molecule has 1 aliphatic rings. The first-order valence-corrected chi connectivity index (χ1v) is 6.73. The van der Waals surface area contributed by atoms with E-state index in [4.69, 9.17) is 5.11 Å². The Bertz CT molecular complexity index is 307. The van der Waals surface area contributed by atoms with E-state index in [1.807, 2.05) is 13.8 Å². The fourth-order valence-electron chi connectivity index (χ4n) is 2.56. The van der Waals surface area contributed by atoms with Gasteiger partial charge in [-0.2, -0.15) is 0 Å². The van der Waals surface area contributed by atoms with Crippen molar-refractivity contribution in [2.45, 2.75) is 46.1 Å². The molecule has 5 nitrogen and oxygen atoms in total. The van der Waals surface area contributed by atoms with Crippen molar-refractivity contribution in [3.8, 4) is 0 Å². The van der Waals surface area contributed by atoms with Crippen LogP contribution in [0.2, 0.25) is 0 Å². The van der Waals surface area contributed by atoms with Gasteiger partial charge in [0.2, 0.25) is 0 Å². The SMILES string of the molecule is CCCC(CNC(=O)N1CC(C)CC1C)C(=O)O. The molecule has 1 aliphatic heterocycles. The Morgan fingerprint density at radius 1 is 1.44 bits per heavy atom. The van der Waals surface area contributed by atoms with Gasteiger partial charge < -0.3 is 15.3 Å². The van der Waals surface area contributed by atoms with E-state index in [0.29, 0.717) is 12.3 Å². The maximum absolute atomic E-state index is 12.0. The van der Waals surface area contributed by atoms with Crippen molar-refractivity contribution in [3.63, 3.8) is 0 Å². The van der Waals surface area contributed by atoms with Crippen LogP contribution in [0.1, 0.15) is 40.0 Å². The van der Waals surface area contributed by atoms with Crippen LogP contribution in [0.4, 0.5) is 4.79 Å². The number of likely N-dealkylation sites (tertiary alicyclic amines) is 1. The summed E-state index contributed by atoms with van der Waals surface area (Å²) in [6.07, 6.45) is 2.43. The number of nitrogens with zero attached hydrogens (tertiary/aromatic N) is 1. The predicted molar refractivity (Wildman–Crippen MR) is 69.4 cm³/mol. The molecule has 1 fully saturated rings. The number of aliphatic carboxylic acids is 1. The number of carbonyl (C=O) groups excluding carboxylic acids is 1. The summed E-state index contributed by atoms with van der Waals surface area (Å²) < 4.78 is 0. The molecule has 2 N–H and O–H groups in total. The molecular formula is C13H24N2O3. The van der Waals surface area contributed by atoms with Crippen molar-refractivity contribution in [1.82, 2.24) is 10.2 Å². The van der Waals surface area contributed by atoms with Crippen molar-refractivity contribution < 1.29 is 14.7 Å². The van der Waals surface area contributed by atoms with Crippen molar-refractivity contribution in [3.05, 3.63) is 0 Å². The zero-order chi connectivity index (χ0) is 13.7. The van der Waals surface area contributed by atoms with Crippen LogP contribution >= 0.6 is 0 Å². The number of urea groups is 1. The van der Waals surface area contributed by atoms with Crippen LogP contribution in [-0.2, 0) is 4.79 Å². The molecule has 0 spiro atoms. The number of amides is 2. The topological polar surface area (TPSA) is 69.6 Å². The average molecular weight is 256 g/mol. The van der Waals surface area contributed by atoms with Crippen LogP contribution in [0.25, 0.3) is 0 Å². The fourth-order valence-corrected chi connectivity index (χ4v) is 2.56. The zero-order valence-electron chi connectivity index (χ0n) is 11.5. The summed E-state index contributed by atoms with van der Waals surface area (Å²) in [5.74, 6) is -0.786. The van der Waals surface area contributed by atoms with Gasteiger partial charge in [0.1, 0.15) is 0 Å². The van der Waals surface area contributed by atoms with Gasteiger partial charge >= 0.3 is 12.0 Å². The zero-order valence-corrected chi connectivity index (χ0v) is 11.5. The first kappa shape index (κ1) is 14.8. The highest BCUT2D eigenvalue weighted by Gasteiger charge is 2.30. The second-order valence-electron chi connectivity index (χ2n) is 5.35.